The second kappa shape index (κ2) is 26.2. The fourth-order valence-electron chi connectivity index (χ4n) is 2.15. The van der Waals surface area contributed by atoms with Crippen molar-refractivity contribution in [1.29, 1.82) is 0 Å². The molecule has 1 nitrogen and oxygen atoms in total. The highest BCUT2D eigenvalue weighted by Gasteiger charge is 1.95. The fraction of sp³-hybridized carbons (Fsp3) is 0.680. The van der Waals surface area contributed by atoms with E-state index in [1.165, 1.54) is 68.1 Å². The molecule has 0 saturated carbocycles. The third-order valence-electron chi connectivity index (χ3n) is 3.27. The molecule has 0 amide bonds. The zero-order valence-electron chi connectivity index (χ0n) is 19.2. The number of rotatable bonds is 9. The van der Waals surface area contributed by atoms with Crippen LogP contribution in [0.2, 0.25) is 0 Å². The Morgan fingerprint density at radius 3 is 1.50 bits per heavy atom. The summed E-state index contributed by atoms with van der Waals surface area (Å²) >= 11 is 0. The van der Waals surface area contributed by atoms with E-state index in [9.17, 15) is 0 Å². The molecule has 0 spiro atoms. The normalized spacial score (nSPS) is 8.92. The molecule has 0 radical (unpaired) electrons. The van der Waals surface area contributed by atoms with Gasteiger partial charge < -0.3 is 5.73 Å². The average Bonchev–Trinajstić information content (AvgIpc) is 2.62. The van der Waals surface area contributed by atoms with E-state index >= 15 is 0 Å². The molecular formula is C25H49N. The molecule has 0 atom stereocenters. The third-order valence-corrected chi connectivity index (χ3v) is 3.27. The van der Waals surface area contributed by atoms with Crippen molar-refractivity contribution >= 4 is 0 Å². The van der Waals surface area contributed by atoms with Crippen molar-refractivity contribution in [2.45, 2.75) is 106 Å². The molecule has 0 saturated heterocycles. The summed E-state index contributed by atoms with van der Waals surface area (Å²) in [5.74, 6) is 0. The fourth-order valence-corrected chi connectivity index (χ4v) is 2.15. The number of benzene rings is 1. The Labute approximate surface area is 166 Å². The Morgan fingerprint density at radius 2 is 1.12 bits per heavy atom. The number of aryl methyl sites for hydroxylation is 1. The largest absolute Gasteiger partial charge is 0.330 e. The summed E-state index contributed by atoms with van der Waals surface area (Å²) in [6.45, 7) is 18.8. The number of unbranched alkanes of at least 4 members (excludes halogenated alkanes) is 5. The first-order chi connectivity index (χ1) is 12.5. The van der Waals surface area contributed by atoms with E-state index in [4.69, 9.17) is 5.73 Å². The van der Waals surface area contributed by atoms with Gasteiger partial charge >= 0.3 is 0 Å². The van der Waals surface area contributed by atoms with Crippen LogP contribution in [-0.4, -0.2) is 6.54 Å². The van der Waals surface area contributed by atoms with Crippen LogP contribution in [0, 0.1) is 0 Å². The van der Waals surface area contributed by atoms with Gasteiger partial charge in [-0.3, -0.25) is 0 Å². The topological polar surface area (TPSA) is 26.0 Å². The van der Waals surface area contributed by atoms with Gasteiger partial charge in [0.15, 0.2) is 0 Å². The third kappa shape index (κ3) is 27.8. The average molecular weight is 364 g/mol. The first kappa shape index (κ1) is 29.7. The van der Waals surface area contributed by atoms with Crippen LogP contribution in [0.5, 0.6) is 0 Å². The molecule has 1 aromatic carbocycles. The lowest BCUT2D eigenvalue weighted by atomic mass is 10.0. The highest BCUT2D eigenvalue weighted by molar-refractivity contribution is 5.22. The van der Waals surface area contributed by atoms with Gasteiger partial charge in [-0.1, -0.05) is 103 Å². The Kier molecular flexibility index (Phi) is 29.8. The first-order valence-corrected chi connectivity index (χ1v) is 10.9. The highest BCUT2D eigenvalue weighted by Crippen LogP contribution is 2.11. The van der Waals surface area contributed by atoms with Gasteiger partial charge in [0, 0.05) is 0 Å². The number of nitrogens with two attached hydrogens (primary N) is 1. The summed E-state index contributed by atoms with van der Waals surface area (Å²) in [4.78, 5) is 0. The highest BCUT2D eigenvalue weighted by atomic mass is 14.5. The monoisotopic (exact) mass is 363 g/mol. The number of hydrogen-bond acceptors (Lipinski definition) is 1. The van der Waals surface area contributed by atoms with Crippen molar-refractivity contribution in [1.82, 2.24) is 0 Å². The molecule has 1 heteroatoms. The van der Waals surface area contributed by atoms with E-state index in [1.54, 1.807) is 0 Å². The predicted molar refractivity (Wildman–Crippen MR) is 124 cm³/mol. The molecule has 0 aliphatic carbocycles. The molecular weight excluding hydrogens is 314 g/mol. The summed E-state index contributed by atoms with van der Waals surface area (Å²) in [6, 6.07) is 8.96. The molecule has 0 bridgehead atoms. The molecule has 0 fully saturated rings. The number of hydrogen-bond donors (Lipinski definition) is 1. The van der Waals surface area contributed by atoms with Gasteiger partial charge in [-0.2, -0.15) is 0 Å². The molecule has 26 heavy (non-hydrogen) atoms. The van der Waals surface area contributed by atoms with Gasteiger partial charge in [0.25, 0.3) is 0 Å². The summed E-state index contributed by atoms with van der Waals surface area (Å²) in [5, 5.41) is 0. The zero-order valence-corrected chi connectivity index (χ0v) is 19.2. The molecule has 2 N–H and O–H groups in total. The maximum Gasteiger partial charge on any atom is -0.00367 e. The van der Waals surface area contributed by atoms with E-state index in [0.717, 1.165) is 13.0 Å². The van der Waals surface area contributed by atoms with Gasteiger partial charge in [0.2, 0.25) is 0 Å². The van der Waals surface area contributed by atoms with Crippen LogP contribution >= 0.6 is 0 Å². The standard InChI is InChI=1S/C16H27N.C4H8.C3H8.C2H6/c1-2-3-4-5-6-7-8-15-9-11-16(12-10-15)13-14-17;1-4(2)3;1-3-2;1-2/h9-12H,2-8,13-14,17H2,1H3;1H2,2-3H3;3H2,1-2H3;1-2H3. The van der Waals surface area contributed by atoms with E-state index in [2.05, 4.69) is 51.6 Å². The minimum Gasteiger partial charge on any atom is -0.330 e. The molecule has 1 rings (SSSR count). The number of allylic oxidation sites excluding steroid dienone is 1. The van der Waals surface area contributed by atoms with Crippen LogP contribution in [-0.2, 0) is 12.8 Å². The van der Waals surface area contributed by atoms with E-state index in [0.29, 0.717) is 0 Å². The summed E-state index contributed by atoms with van der Waals surface area (Å²) < 4.78 is 0. The van der Waals surface area contributed by atoms with Crippen LogP contribution in [0.3, 0.4) is 0 Å². The lowest BCUT2D eigenvalue weighted by Gasteiger charge is -2.04. The zero-order chi connectivity index (χ0) is 20.6. The van der Waals surface area contributed by atoms with Crippen molar-refractivity contribution in [3.8, 4) is 0 Å². The molecule has 0 aliphatic heterocycles. The minimum absolute atomic E-state index is 0.747. The maximum absolute atomic E-state index is 5.54. The molecule has 1 aromatic rings. The van der Waals surface area contributed by atoms with Crippen LogP contribution in [0.25, 0.3) is 0 Å². The van der Waals surface area contributed by atoms with Gasteiger partial charge in [0.05, 0.1) is 0 Å². The summed E-state index contributed by atoms with van der Waals surface area (Å²) in [5.41, 5.74) is 9.54. The molecule has 0 heterocycles. The Morgan fingerprint density at radius 1 is 0.769 bits per heavy atom. The van der Waals surface area contributed by atoms with Crippen LogP contribution in [0.15, 0.2) is 36.4 Å². The van der Waals surface area contributed by atoms with E-state index in [1.807, 2.05) is 27.7 Å². The van der Waals surface area contributed by atoms with Gasteiger partial charge in [-0.15, -0.1) is 6.58 Å². The predicted octanol–water partition coefficient (Wildman–Crippen LogP) is 8.12. The SMILES string of the molecule is C=C(C)C.CC.CCC.CCCCCCCCc1ccc(CCN)cc1. The quantitative estimate of drug-likeness (QED) is 0.348. The molecule has 0 unspecified atom stereocenters. The Balaban J connectivity index is -0.000000495. The van der Waals surface area contributed by atoms with Gasteiger partial charge in [0.1, 0.15) is 0 Å². The Hall–Kier alpha value is -1.08. The summed E-state index contributed by atoms with van der Waals surface area (Å²) in [7, 11) is 0. The van der Waals surface area contributed by atoms with Gasteiger partial charge in [-0.05, 0) is 50.8 Å². The second-order valence-electron chi connectivity index (χ2n) is 6.79. The van der Waals surface area contributed by atoms with Crippen molar-refractivity contribution in [2.24, 2.45) is 5.73 Å². The van der Waals surface area contributed by atoms with Crippen LogP contribution in [0.4, 0.5) is 0 Å². The second-order valence-corrected chi connectivity index (χ2v) is 6.79. The van der Waals surface area contributed by atoms with Crippen molar-refractivity contribution in [2.75, 3.05) is 6.54 Å². The van der Waals surface area contributed by atoms with E-state index in [-0.39, 0.29) is 0 Å². The smallest absolute Gasteiger partial charge is 0.00367 e. The van der Waals surface area contributed by atoms with Crippen LogP contribution < -0.4 is 5.73 Å². The Bertz CT molecular complexity index is 360. The molecule has 0 aliphatic rings. The first-order valence-electron chi connectivity index (χ1n) is 10.9. The van der Waals surface area contributed by atoms with Gasteiger partial charge in [-0.25, -0.2) is 0 Å². The lowest BCUT2D eigenvalue weighted by Crippen LogP contribution is -2.02. The molecule has 154 valence electrons. The van der Waals surface area contributed by atoms with E-state index < -0.39 is 0 Å². The summed E-state index contributed by atoms with van der Waals surface area (Å²) in [6.07, 6.45) is 11.7. The van der Waals surface area contributed by atoms with Crippen LogP contribution in [0.1, 0.15) is 105 Å². The lowest BCUT2D eigenvalue weighted by molar-refractivity contribution is 0.607. The van der Waals surface area contributed by atoms with Crippen molar-refractivity contribution in [3.63, 3.8) is 0 Å². The maximum atomic E-state index is 5.54. The van der Waals surface area contributed by atoms with Crippen molar-refractivity contribution < 1.29 is 0 Å². The molecule has 0 aromatic heterocycles. The van der Waals surface area contributed by atoms with Crippen molar-refractivity contribution in [3.05, 3.63) is 47.5 Å². The minimum atomic E-state index is 0.747.